The highest BCUT2D eigenvalue weighted by molar-refractivity contribution is 5.88. The van der Waals surface area contributed by atoms with E-state index in [1.54, 1.807) is 13.8 Å². The van der Waals surface area contributed by atoms with E-state index in [0.717, 1.165) is 44.7 Å². The van der Waals surface area contributed by atoms with Crippen molar-refractivity contribution in [1.29, 1.82) is 0 Å². The van der Waals surface area contributed by atoms with Gasteiger partial charge in [-0.1, -0.05) is 31.2 Å². The summed E-state index contributed by atoms with van der Waals surface area (Å²) in [5.74, 6) is 1.43. The fourth-order valence-corrected chi connectivity index (χ4v) is 4.31. The van der Waals surface area contributed by atoms with Crippen LogP contribution in [0.4, 0.5) is 16.7 Å². The SMILES string of the molecule is CC[C@H]1COC(=O)N1c1nc(C)nc(N[C@H](C)c2ccc(CN3CCN(C(C)=O)CC3)cc2)n1. The number of benzene rings is 1. The lowest BCUT2D eigenvalue weighted by atomic mass is 10.1. The van der Waals surface area contributed by atoms with Crippen molar-refractivity contribution in [1.82, 2.24) is 24.8 Å². The summed E-state index contributed by atoms with van der Waals surface area (Å²) >= 11 is 0. The lowest BCUT2D eigenvalue weighted by Gasteiger charge is -2.34. The van der Waals surface area contributed by atoms with Crippen molar-refractivity contribution in [2.75, 3.05) is 43.0 Å². The Bertz CT molecular complexity index is 1020. The molecule has 2 atom stereocenters. The summed E-state index contributed by atoms with van der Waals surface area (Å²) in [7, 11) is 0. The number of carbonyl (C=O) groups excluding carboxylic acids is 2. The zero-order valence-corrected chi connectivity index (χ0v) is 20.3. The minimum atomic E-state index is -0.422. The second-order valence-electron chi connectivity index (χ2n) is 8.91. The highest BCUT2D eigenvalue weighted by Gasteiger charge is 2.35. The molecule has 0 bridgehead atoms. The van der Waals surface area contributed by atoms with Gasteiger partial charge in [-0.2, -0.15) is 15.0 Å². The van der Waals surface area contributed by atoms with Gasteiger partial charge in [-0.05, 0) is 31.4 Å². The topological polar surface area (TPSA) is 104 Å². The highest BCUT2D eigenvalue weighted by atomic mass is 16.6. The monoisotopic (exact) mass is 467 g/mol. The second kappa shape index (κ2) is 10.3. The standard InChI is InChI=1S/C24H33N7O3/c1-5-21-15-34-24(33)31(21)23-27-17(3)26-22(28-23)25-16(2)20-8-6-19(7-9-20)14-29-10-12-30(13-11-29)18(4)32/h6-9,16,21H,5,10-15H2,1-4H3,(H,25,26,27,28)/t16-,21+/m1/s1. The molecule has 182 valence electrons. The normalized spacial score (nSPS) is 19.8. The number of carbonyl (C=O) groups is 2. The average Bonchev–Trinajstić information content (AvgIpc) is 3.20. The van der Waals surface area contributed by atoms with E-state index >= 15 is 0 Å². The Morgan fingerprint density at radius 1 is 1.15 bits per heavy atom. The smallest absolute Gasteiger partial charge is 0.417 e. The van der Waals surface area contributed by atoms with E-state index in [1.165, 1.54) is 10.5 Å². The summed E-state index contributed by atoms with van der Waals surface area (Å²) in [4.78, 5) is 42.8. The molecule has 1 aromatic heterocycles. The van der Waals surface area contributed by atoms with Crippen LogP contribution < -0.4 is 10.2 Å². The highest BCUT2D eigenvalue weighted by Crippen LogP contribution is 2.24. The van der Waals surface area contributed by atoms with Crippen molar-refractivity contribution in [3.05, 3.63) is 41.2 Å². The minimum absolute atomic E-state index is 0.0321. The zero-order chi connectivity index (χ0) is 24.2. The lowest BCUT2D eigenvalue weighted by molar-refractivity contribution is -0.130. The summed E-state index contributed by atoms with van der Waals surface area (Å²) in [6, 6.07) is 8.40. The zero-order valence-electron chi connectivity index (χ0n) is 20.3. The first kappa shape index (κ1) is 23.9. The van der Waals surface area contributed by atoms with E-state index in [-0.39, 0.29) is 18.0 Å². The molecule has 0 saturated carbocycles. The van der Waals surface area contributed by atoms with Crippen LogP contribution in [0.1, 0.15) is 50.2 Å². The van der Waals surface area contributed by atoms with E-state index in [2.05, 4.69) is 49.4 Å². The maximum Gasteiger partial charge on any atom is 0.417 e. The predicted molar refractivity (Wildman–Crippen MR) is 128 cm³/mol. The van der Waals surface area contributed by atoms with Crippen LogP contribution in [0.25, 0.3) is 0 Å². The number of nitrogens with zero attached hydrogens (tertiary/aromatic N) is 6. The average molecular weight is 468 g/mol. The van der Waals surface area contributed by atoms with Crippen molar-refractivity contribution in [3.63, 3.8) is 0 Å². The molecule has 3 heterocycles. The Labute approximate surface area is 200 Å². The molecular formula is C24H33N7O3. The van der Waals surface area contributed by atoms with Gasteiger partial charge >= 0.3 is 6.09 Å². The van der Waals surface area contributed by atoms with E-state index < -0.39 is 6.09 Å². The Morgan fingerprint density at radius 2 is 1.85 bits per heavy atom. The van der Waals surface area contributed by atoms with Gasteiger partial charge in [0.2, 0.25) is 17.8 Å². The number of aromatic nitrogens is 3. The number of ether oxygens (including phenoxy) is 1. The maximum atomic E-state index is 12.2. The van der Waals surface area contributed by atoms with Crippen LogP contribution in [0, 0.1) is 6.92 Å². The van der Waals surface area contributed by atoms with Gasteiger partial charge in [0.25, 0.3) is 0 Å². The van der Waals surface area contributed by atoms with Crippen molar-refractivity contribution < 1.29 is 14.3 Å². The second-order valence-corrected chi connectivity index (χ2v) is 8.91. The summed E-state index contributed by atoms with van der Waals surface area (Å²) in [6.45, 7) is 12.0. The van der Waals surface area contributed by atoms with Crippen molar-refractivity contribution in [3.8, 4) is 0 Å². The van der Waals surface area contributed by atoms with Gasteiger partial charge in [-0.15, -0.1) is 0 Å². The third-order valence-electron chi connectivity index (χ3n) is 6.43. The molecule has 2 amide bonds. The molecule has 10 heteroatoms. The number of cyclic esters (lactones) is 1. The Morgan fingerprint density at radius 3 is 2.50 bits per heavy atom. The third kappa shape index (κ3) is 5.44. The minimum Gasteiger partial charge on any atom is -0.447 e. The molecule has 2 aliphatic rings. The molecule has 2 fully saturated rings. The van der Waals surface area contributed by atoms with E-state index in [1.807, 2.05) is 18.7 Å². The molecule has 0 unspecified atom stereocenters. The number of piperazine rings is 1. The molecule has 2 aliphatic heterocycles. The Kier molecular flexibility index (Phi) is 7.26. The van der Waals surface area contributed by atoms with Gasteiger partial charge in [-0.3, -0.25) is 9.69 Å². The number of aryl methyl sites for hydroxylation is 1. The number of nitrogens with one attached hydrogen (secondary N) is 1. The molecule has 10 nitrogen and oxygen atoms in total. The van der Waals surface area contributed by atoms with Crippen molar-refractivity contribution in [2.24, 2.45) is 0 Å². The molecule has 0 spiro atoms. The van der Waals surface area contributed by atoms with Gasteiger partial charge in [-0.25, -0.2) is 9.69 Å². The summed E-state index contributed by atoms with van der Waals surface area (Å²) in [6.07, 6.45) is 0.337. The fraction of sp³-hybridized carbons (Fsp3) is 0.542. The number of amides is 2. The molecule has 1 aromatic carbocycles. The first-order chi connectivity index (χ1) is 16.3. The van der Waals surface area contributed by atoms with Crippen LogP contribution in [-0.2, 0) is 16.1 Å². The predicted octanol–water partition coefficient (Wildman–Crippen LogP) is 2.75. The molecule has 0 radical (unpaired) electrons. The quantitative estimate of drug-likeness (QED) is 0.663. The van der Waals surface area contributed by atoms with Crippen LogP contribution in [0.15, 0.2) is 24.3 Å². The Hall–Kier alpha value is -3.27. The molecule has 34 heavy (non-hydrogen) atoms. The molecule has 2 aromatic rings. The van der Waals surface area contributed by atoms with Crippen molar-refractivity contribution in [2.45, 2.75) is 52.7 Å². The number of hydrogen-bond acceptors (Lipinski definition) is 8. The van der Waals surface area contributed by atoms with Gasteiger partial charge in [0.1, 0.15) is 12.4 Å². The maximum absolute atomic E-state index is 12.2. The number of anilines is 2. The molecular weight excluding hydrogens is 434 g/mol. The van der Waals surface area contributed by atoms with Gasteiger partial charge in [0, 0.05) is 39.6 Å². The van der Waals surface area contributed by atoms with E-state index in [0.29, 0.717) is 24.3 Å². The first-order valence-corrected chi connectivity index (χ1v) is 11.9. The molecule has 0 aliphatic carbocycles. The van der Waals surface area contributed by atoms with Crippen molar-refractivity contribution >= 4 is 23.9 Å². The van der Waals surface area contributed by atoms with E-state index in [9.17, 15) is 9.59 Å². The van der Waals surface area contributed by atoms with Gasteiger partial charge in [0.05, 0.1) is 12.1 Å². The Balaban J connectivity index is 1.38. The lowest BCUT2D eigenvalue weighted by Crippen LogP contribution is -2.47. The molecule has 4 rings (SSSR count). The number of hydrogen-bond donors (Lipinski definition) is 1. The molecule has 1 N–H and O–H groups in total. The summed E-state index contributed by atoms with van der Waals surface area (Å²) < 4.78 is 5.18. The molecule has 2 saturated heterocycles. The van der Waals surface area contributed by atoms with Crippen LogP contribution in [-0.4, -0.2) is 75.6 Å². The van der Waals surface area contributed by atoms with Crippen LogP contribution in [0.2, 0.25) is 0 Å². The van der Waals surface area contributed by atoms with Crippen LogP contribution in [0.3, 0.4) is 0 Å². The van der Waals surface area contributed by atoms with Crippen LogP contribution in [0.5, 0.6) is 0 Å². The fourth-order valence-electron chi connectivity index (χ4n) is 4.31. The first-order valence-electron chi connectivity index (χ1n) is 11.9. The van der Waals surface area contributed by atoms with E-state index in [4.69, 9.17) is 4.74 Å². The third-order valence-corrected chi connectivity index (χ3v) is 6.43. The number of rotatable bonds is 7. The summed E-state index contributed by atoms with van der Waals surface area (Å²) in [5, 5.41) is 3.34. The van der Waals surface area contributed by atoms with Crippen LogP contribution >= 0.6 is 0 Å². The largest absolute Gasteiger partial charge is 0.447 e. The van der Waals surface area contributed by atoms with Gasteiger partial charge in [0.15, 0.2) is 0 Å². The van der Waals surface area contributed by atoms with Gasteiger partial charge < -0.3 is 15.0 Å². The summed E-state index contributed by atoms with van der Waals surface area (Å²) in [5.41, 5.74) is 2.35.